The number of carbonyl (C=O) groups excluding carboxylic acids is 1. The van der Waals surface area contributed by atoms with Gasteiger partial charge in [-0.2, -0.15) is 5.26 Å². The van der Waals surface area contributed by atoms with E-state index in [4.69, 9.17) is 10.00 Å². The van der Waals surface area contributed by atoms with Gasteiger partial charge in [0.25, 0.3) is 0 Å². The van der Waals surface area contributed by atoms with Crippen molar-refractivity contribution in [2.45, 2.75) is 13.0 Å². The van der Waals surface area contributed by atoms with Crippen molar-refractivity contribution in [1.82, 2.24) is 4.90 Å². The number of benzene rings is 2. The topological polar surface area (TPSA) is 65.4 Å². The van der Waals surface area contributed by atoms with E-state index >= 15 is 0 Å². The van der Waals surface area contributed by atoms with Crippen LogP contribution in [0.15, 0.2) is 48.5 Å². The Morgan fingerprint density at radius 2 is 2.00 bits per heavy atom. The molecule has 0 aliphatic heterocycles. The number of hydrogen-bond acceptors (Lipinski definition) is 3. The third-order valence-electron chi connectivity index (χ3n) is 3.35. The Kier molecular flexibility index (Phi) is 6.15. The summed E-state index contributed by atoms with van der Waals surface area (Å²) < 4.78 is 19.7. The maximum atomic E-state index is 14.1. The molecule has 124 valence electrons. The first kappa shape index (κ1) is 17.3. The molecule has 0 aliphatic rings. The smallest absolute Gasteiger partial charge is 0.321 e. The molecule has 2 aromatic rings. The van der Waals surface area contributed by atoms with Crippen LogP contribution in [0.2, 0.25) is 0 Å². The average molecular weight is 327 g/mol. The highest BCUT2D eigenvalue weighted by molar-refractivity contribution is 5.91. The van der Waals surface area contributed by atoms with Gasteiger partial charge in [0.15, 0.2) is 5.82 Å². The lowest BCUT2D eigenvalue weighted by Gasteiger charge is -2.18. The molecule has 1 N–H and O–H groups in total. The molecular weight excluding hydrogens is 309 g/mol. The zero-order chi connectivity index (χ0) is 17.4. The number of rotatable bonds is 6. The van der Waals surface area contributed by atoms with Crippen LogP contribution in [0.5, 0.6) is 5.75 Å². The van der Waals surface area contributed by atoms with E-state index in [0.717, 1.165) is 5.56 Å². The van der Waals surface area contributed by atoms with Gasteiger partial charge in [-0.25, -0.2) is 9.18 Å². The van der Waals surface area contributed by atoms with E-state index in [1.165, 1.54) is 24.1 Å². The molecule has 0 aromatic heterocycles. The third kappa shape index (κ3) is 4.71. The van der Waals surface area contributed by atoms with Crippen molar-refractivity contribution < 1.29 is 13.9 Å². The number of carbonyl (C=O) groups is 1. The van der Waals surface area contributed by atoms with Crippen molar-refractivity contribution in [3.05, 3.63) is 59.9 Å². The highest BCUT2D eigenvalue weighted by atomic mass is 19.1. The van der Waals surface area contributed by atoms with Crippen LogP contribution in [-0.4, -0.2) is 24.5 Å². The van der Waals surface area contributed by atoms with Gasteiger partial charge in [0.1, 0.15) is 18.0 Å². The van der Waals surface area contributed by atoms with Crippen LogP contribution in [0.3, 0.4) is 0 Å². The van der Waals surface area contributed by atoms with E-state index in [9.17, 15) is 9.18 Å². The maximum Gasteiger partial charge on any atom is 0.321 e. The number of nitrogens with one attached hydrogen (secondary N) is 1. The number of nitriles is 1. The molecule has 0 saturated heterocycles. The molecule has 0 heterocycles. The zero-order valence-corrected chi connectivity index (χ0v) is 13.3. The van der Waals surface area contributed by atoms with Crippen molar-refractivity contribution in [2.24, 2.45) is 0 Å². The van der Waals surface area contributed by atoms with Crippen LogP contribution in [0, 0.1) is 17.1 Å². The molecule has 0 atom stereocenters. The van der Waals surface area contributed by atoms with Crippen LogP contribution >= 0.6 is 0 Å². The van der Waals surface area contributed by atoms with Gasteiger partial charge in [-0.1, -0.05) is 36.4 Å². The minimum absolute atomic E-state index is 0.0118. The van der Waals surface area contributed by atoms with Gasteiger partial charge in [-0.05, 0) is 17.7 Å². The van der Waals surface area contributed by atoms with Gasteiger partial charge in [0.05, 0.1) is 12.5 Å². The van der Waals surface area contributed by atoms with Gasteiger partial charge in [-0.15, -0.1) is 0 Å². The van der Waals surface area contributed by atoms with Crippen LogP contribution < -0.4 is 10.1 Å². The number of anilines is 1. The fourth-order valence-electron chi connectivity index (χ4n) is 2.00. The quantitative estimate of drug-likeness (QED) is 0.878. The molecule has 2 rings (SSSR count). The Morgan fingerprint density at radius 1 is 1.25 bits per heavy atom. The lowest BCUT2D eigenvalue weighted by atomic mass is 10.2. The molecular formula is C18H18FN3O2. The van der Waals surface area contributed by atoms with E-state index in [2.05, 4.69) is 5.32 Å². The third-order valence-corrected chi connectivity index (χ3v) is 3.35. The molecule has 24 heavy (non-hydrogen) atoms. The number of urea groups is 1. The first-order valence-corrected chi connectivity index (χ1v) is 7.46. The number of amides is 2. The predicted octanol–water partition coefficient (Wildman–Crippen LogP) is 3.78. The Bertz CT molecular complexity index is 729. The Balaban J connectivity index is 2.09. The molecule has 0 radical (unpaired) electrons. The van der Waals surface area contributed by atoms with Crippen LogP contribution in [0.25, 0.3) is 0 Å². The average Bonchev–Trinajstić information content (AvgIpc) is 2.60. The fraction of sp³-hybridized carbons (Fsp3) is 0.222. The van der Waals surface area contributed by atoms with Crippen molar-refractivity contribution in [2.75, 3.05) is 18.9 Å². The van der Waals surface area contributed by atoms with Crippen LogP contribution in [0.4, 0.5) is 14.9 Å². The summed E-state index contributed by atoms with van der Waals surface area (Å²) >= 11 is 0. The lowest BCUT2D eigenvalue weighted by molar-refractivity contribution is 0.223. The highest BCUT2D eigenvalue weighted by Crippen LogP contribution is 2.28. The fourth-order valence-corrected chi connectivity index (χ4v) is 2.00. The standard InChI is InChI=1S/C18H18FN3O2/c1-22(12-6-11-20)18(23)21-17-15(19)9-5-10-16(17)24-13-14-7-3-2-4-8-14/h2-5,7-10H,6,12-13H2,1H3,(H,21,23). The van der Waals surface area contributed by atoms with Gasteiger partial charge < -0.3 is 15.0 Å². The minimum atomic E-state index is -0.581. The summed E-state index contributed by atoms with van der Waals surface area (Å²) in [7, 11) is 1.54. The summed E-state index contributed by atoms with van der Waals surface area (Å²) in [4.78, 5) is 13.4. The molecule has 2 aromatic carbocycles. The summed E-state index contributed by atoms with van der Waals surface area (Å²) in [5, 5.41) is 11.1. The highest BCUT2D eigenvalue weighted by Gasteiger charge is 2.15. The first-order valence-electron chi connectivity index (χ1n) is 7.46. The molecule has 2 amide bonds. The lowest BCUT2D eigenvalue weighted by Crippen LogP contribution is -2.32. The summed E-state index contributed by atoms with van der Waals surface area (Å²) in [6, 6.07) is 15.3. The summed E-state index contributed by atoms with van der Waals surface area (Å²) in [5.74, 6) is -0.330. The summed E-state index contributed by atoms with van der Waals surface area (Å²) in [6.07, 6.45) is 0.207. The number of ether oxygens (including phenoxy) is 1. The van der Waals surface area contributed by atoms with E-state index in [1.807, 2.05) is 36.4 Å². The number of nitrogens with zero attached hydrogens (tertiary/aromatic N) is 2. The second-order valence-corrected chi connectivity index (χ2v) is 5.15. The molecule has 0 aliphatic carbocycles. The number of para-hydroxylation sites is 1. The maximum absolute atomic E-state index is 14.1. The van der Waals surface area contributed by atoms with Crippen molar-refractivity contribution >= 4 is 11.7 Å². The van der Waals surface area contributed by atoms with Crippen LogP contribution in [0.1, 0.15) is 12.0 Å². The predicted molar refractivity (Wildman–Crippen MR) is 89.1 cm³/mol. The monoisotopic (exact) mass is 327 g/mol. The van der Waals surface area contributed by atoms with Gasteiger partial charge >= 0.3 is 6.03 Å². The molecule has 0 spiro atoms. The number of halogens is 1. The molecule has 0 saturated carbocycles. The van der Waals surface area contributed by atoms with Crippen molar-refractivity contribution in [3.63, 3.8) is 0 Å². The van der Waals surface area contributed by atoms with E-state index in [0.29, 0.717) is 0 Å². The second kappa shape index (κ2) is 8.53. The van der Waals surface area contributed by atoms with E-state index in [-0.39, 0.29) is 31.0 Å². The normalized spacial score (nSPS) is 9.88. The first-order chi connectivity index (χ1) is 11.6. The molecule has 0 unspecified atom stereocenters. The molecule has 0 fully saturated rings. The zero-order valence-electron chi connectivity index (χ0n) is 13.3. The van der Waals surface area contributed by atoms with Gasteiger partial charge in [-0.3, -0.25) is 0 Å². The van der Waals surface area contributed by atoms with E-state index in [1.54, 1.807) is 6.07 Å². The van der Waals surface area contributed by atoms with Crippen LogP contribution in [-0.2, 0) is 6.61 Å². The van der Waals surface area contributed by atoms with Gasteiger partial charge in [0, 0.05) is 13.6 Å². The second-order valence-electron chi connectivity index (χ2n) is 5.15. The minimum Gasteiger partial charge on any atom is -0.487 e. The van der Waals surface area contributed by atoms with Crippen molar-refractivity contribution in [1.29, 1.82) is 5.26 Å². The molecule has 5 nitrogen and oxygen atoms in total. The summed E-state index contributed by atoms with van der Waals surface area (Å²) in [6.45, 7) is 0.522. The van der Waals surface area contributed by atoms with E-state index < -0.39 is 11.8 Å². The SMILES string of the molecule is CN(CCC#N)C(=O)Nc1c(F)cccc1OCc1ccccc1. The Morgan fingerprint density at radius 3 is 2.71 bits per heavy atom. The molecule has 6 heteroatoms. The molecule has 0 bridgehead atoms. The Labute approximate surface area is 140 Å². The number of hydrogen-bond donors (Lipinski definition) is 1. The largest absolute Gasteiger partial charge is 0.487 e. The summed E-state index contributed by atoms with van der Waals surface area (Å²) in [5.41, 5.74) is 0.924. The Hall–Kier alpha value is -3.07. The van der Waals surface area contributed by atoms with Gasteiger partial charge in [0.2, 0.25) is 0 Å². The van der Waals surface area contributed by atoms with Crippen molar-refractivity contribution in [3.8, 4) is 11.8 Å².